The molecule has 130 valence electrons. The van der Waals surface area contributed by atoms with Gasteiger partial charge in [0, 0.05) is 12.1 Å². The van der Waals surface area contributed by atoms with Crippen molar-refractivity contribution in [1.29, 1.82) is 0 Å². The average molecular weight is 329 g/mol. The van der Waals surface area contributed by atoms with Gasteiger partial charge in [-0.3, -0.25) is 9.69 Å². The zero-order valence-corrected chi connectivity index (χ0v) is 15.0. The Hall–Kier alpha value is -1.55. The van der Waals surface area contributed by atoms with Gasteiger partial charge in [0.05, 0.1) is 19.6 Å². The summed E-state index contributed by atoms with van der Waals surface area (Å²) in [4.78, 5) is 14.9. The van der Waals surface area contributed by atoms with Gasteiger partial charge >= 0.3 is 5.97 Å². The van der Waals surface area contributed by atoms with Gasteiger partial charge in [-0.2, -0.15) is 0 Å². The highest BCUT2D eigenvalue weighted by molar-refractivity contribution is 5.74. The molecule has 2 aliphatic heterocycles. The molecular weight excluding hydrogens is 302 g/mol. The molecule has 5 atom stereocenters. The summed E-state index contributed by atoms with van der Waals surface area (Å²) >= 11 is 0. The number of carbonyl (C=O) groups excluding carboxylic acids is 1. The van der Waals surface area contributed by atoms with Crippen LogP contribution in [0.4, 0.5) is 0 Å². The van der Waals surface area contributed by atoms with Crippen molar-refractivity contribution < 1.29 is 14.3 Å². The van der Waals surface area contributed by atoms with Crippen molar-refractivity contribution in [3.63, 3.8) is 0 Å². The Kier molecular flexibility index (Phi) is 3.64. The van der Waals surface area contributed by atoms with Gasteiger partial charge in [-0.15, -0.1) is 0 Å². The first-order valence-corrected chi connectivity index (χ1v) is 9.05. The molecule has 4 nitrogen and oxygen atoms in total. The minimum atomic E-state index is -0.00648. The molecule has 1 saturated carbocycles. The fourth-order valence-electron chi connectivity index (χ4n) is 5.73. The Labute approximate surface area is 144 Å². The zero-order valence-electron chi connectivity index (χ0n) is 15.0. The predicted molar refractivity (Wildman–Crippen MR) is 92.2 cm³/mol. The van der Waals surface area contributed by atoms with E-state index in [1.807, 2.05) is 6.92 Å². The van der Waals surface area contributed by atoms with Gasteiger partial charge in [-0.1, -0.05) is 13.0 Å². The molecule has 0 radical (unpaired) electrons. The third kappa shape index (κ3) is 2.05. The topological polar surface area (TPSA) is 38.8 Å². The molecule has 24 heavy (non-hydrogen) atoms. The quantitative estimate of drug-likeness (QED) is 0.799. The van der Waals surface area contributed by atoms with Crippen molar-refractivity contribution in [2.24, 2.45) is 11.3 Å². The van der Waals surface area contributed by atoms with Crippen molar-refractivity contribution in [2.45, 2.75) is 51.1 Å². The highest BCUT2D eigenvalue weighted by Gasteiger charge is 2.61. The normalized spacial score (nSPS) is 37.0. The third-order valence-electron chi connectivity index (χ3n) is 6.90. The van der Waals surface area contributed by atoms with Gasteiger partial charge in [0.1, 0.15) is 5.75 Å². The standard InChI is InChI=1S/C20H27NO3/c1-5-24-19(22)15-11-20(2)16-10-17(15)21(3)18(20)9-12-8-13(23-4)6-7-14(12)16/h6-8,15-18H,5,9-11H2,1-4H3/t15?,16?,17?,18?,20-/m1/s1. The monoisotopic (exact) mass is 329 g/mol. The van der Waals surface area contributed by atoms with Gasteiger partial charge in [0.25, 0.3) is 0 Å². The molecule has 2 aliphatic carbocycles. The van der Waals surface area contributed by atoms with E-state index in [-0.39, 0.29) is 17.3 Å². The molecular formula is C20H27NO3. The maximum Gasteiger partial charge on any atom is 0.310 e. The van der Waals surface area contributed by atoms with Crippen LogP contribution in [-0.2, 0) is 16.0 Å². The van der Waals surface area contributed by atoms with E-state index in [4.69, 9.17) is 9.47 Å². The minimum Gasteiger partial charge on any atom is -0.497 e. The number of nitrogens with zero attached hydrogens (tertiary/aromatic N) is 1. The number of piperidine rings is 2. The highest BCUT2D eigenvalue weighted by Crippen LogP contribution is 2.61. The highest BCUT2D eigenvalue weighted by atomic mass is 16.5. The van der Waals surface area contributed by atoms with E-state index < -0.39 is 0 Å². The van der Waals surface area contributed by atoms with Gasteiger partial charge in [0.2, 0.25) is 0 Å². The maximum atomic E-state index is 12.5. The van der Waals surface area contributed by atoms with E-state index in [1.165, 1.54) is 11.1 Å². The van der Waals surface area contributed by atoms with E-state index in [1.54, 1.807) is 7.11 Å². The Morgan fingerprint density at radius 2 is 2.21 bits per heavy atom. The van der Waals surface area contributed by atoms with Gasteiger partial charge in [-0.25, -0.2) is 0 Å². The van der Waals surface area contributed by atoms with E-state index >= 15 is 0 Å². The molecule has 0 N–H and O–H groups in total. The summed E-state index contributed by atoms with van der Waals surface area (Å²) in [6.45, 7) is 4.74. The summed E-state index contributed by atoms with van der Waals surface area (Å²) in [6, 6.07) is 7.33. The first kappa shape index (κ1) is 15.9. The van der Waals surface area contributed by atoms with Crippen molar-refractivity contribution in [3.05, 3.63) is 29.3 Å². The van der Waals surface area contributed by atoms with Crippen LogP contribution < -0.4 is 4.74 Å². The first-order valence-electron chi connectivity index (χ1n) is 9.05. The minimum absolute atomic E-state index is 0.00648. The summed E-state index contributed by atoms with van der Waals surface area (Å²) in [5, 5.41) is 0. The Bertz CT molecular complexity index is 673. The van der Waals surface area contributed by atoms with Gasteiger partial charge in [-0.05, 0) is 67.8 Å². The van der Waals surface area contributed by atoms with Crippen LogP contribution in [0.3, 0.4) is 0 Å². The molecule has 2 saturated heterocycles. The van der Waals surface area contributed by atoms with Gasteiger partial charge in [0.15, 0.2) is 0 Å². The summed E-state index contributed by atoms with van der Waals surface area (Å²) in [7, 11) is 3.92. The second-order valence-electron chi connectivity index (χ2n) is 7.87. The number of ether oxygens (including phenoxy) is 2. The number of fused-ring (bicyclic) bond motifs is 2. The fraction of sp³-hybridized carbons (Fsp3) is 0.650. The molecule has 3 fully saturated rings. The summed E-state index contributed by atoms with van der Waals surface area (Å²) < 4.78 is 10.8. The van der Waals surface area contributed by atoms with Crippen LogP contribution in [0.5, 0.6) is 5.75 Å². The number of hydrogen-bond acceptors (Lipinski definition) is 4. The lowest BCUT2D eigenvalue weighted by Gasteiger charge is -2.64. The lowest BCUT2D eigenvalue weighted by Crippen LogP contribution is -2.68. The van der Waals surface area contributed by atoms with Crippen molar-refractivity contribution in [2.75, 3.05) is 20.8 Å². The second-order valence-corrected chi connectivity index (χ2v) is 7.87. The Morgan fingerprint density at radius 1 is 1.42 bits per heavy atom. The van der Waals surface area contributed by atoms with Crippen LogP contribution in [0.1, 0.15) is 43.7 Å². The predicted octanol–water partition coefficient (Wildman–Crippen LogP) is 3.00. The van der Waals surface area contributed by atoms with Gasteiger partial charge < -0.3 is 9.47 Å². The van der Waals surface area contributed by atoms with Crippen LogP contribution in [0.2, 0.25) is 0 Å². The van der Waals surface area contributed by atoms with Crippen LogP contribution in [0, 0.1) is 11.3 Å². The summed E-state index contributed by atoms with van der Waals surface area (Å²) in [5.74, 6) is 1.49. The molecule has 4 heteroatoms. The molecule has 5 rings (SSSR count). The molecule has 1 aromatic carbocycles. The van der Waals surface area contributed by atoms with Crippen LogP contribution in [0.25, 0.3) is 0 Å². The first-order chi connectivity index (χ1) is 11.5. The Morgan fingerprint density at radius 3 is 2.92 bits per heavy atom. The van der Waals surface area contributed by atoms with Crippen LogP contribution in [0.15, 0.2) is 18.2 Å². The number of methoxy groups -OCH3 is 1. The van der Waals surface area contributed by atoms with E-state index in [2.05, 4.69) is 37.1 Å². The molecule has 4 aliphatic rings. The lowest BCUT2D eigenvalue weighted by atomic mass is 9.49. The van der Waals surface area contributed by atoms with Crippen molar-refractivity contribution in [1.82, 2.24) is 4.90 Å². The van der Waals surface area contributed by atoms with E-state index in [0.29, 0.717) is 24.6 Å². The molecule has 0 spiro atoms. The number of hydrogen-bond donors (Lipinski definition) is 0. The van der Waals surface area contributed by atoms with E-state index in [9.17, 15) is 4.79 Å². The van der Waals surface area contributed by atoms with Crippen LogP contribution >= 0.6 is 0 Å². The summed E-state index contributed by atoms with van der Waals surface area (Å²) in [6.07, 6.45) is 3.04. The number of carbonyl (C=O) groups is 1. The number of likely N-dealkylation sites (N-methyl/N-ethyl adjacent to an activating group) is 1. The third-order valence-corrected chi connectivity index (χ3v) is 6.90. The second kappa shape index (κ2) is 5.48. The molecule has 4 bridgehead atoms. The molecule has 1 aromatic rings. The fourth-order valence-corrected chi connectivity index (χ4v) is 5.73. The number of rotatable bonds is 3. The molecule has 0 aromatic heterocycles. The summed E-state index contributed by atoms with van der Waals surface area (Å²) in [5.41, 5.74) is 3.03. The largest absolute Gasteiger partial charge is 0.497 e. The molecule has 2 heterocycles. The molecule has 0 amide bonds. The zero-order chi connectivity index (χ0) is 17.1. The molecule has 4 unspecified atom stereocenters. The lowest BCUT2D eigenvalue weighted by molar-refractivity contribution is -0.169. The Balaban J connectivity index is 1.72. The van der Waals surface area contributed by atoms with Crippen molar-refractivity contribution in [3.8, 4) is 5.75 Å². The van der Waals surface area contributed by atoms with Crippen LogP contribution in [-0.4, -0.2) is 43.7 Å². The average Bonchev–Trinajstić information content (AvgIpc) is 2.57. The smallest absolute Gasteiger partial charge is 0.310 e. The number of benzene rings is 1. The SMILES string of the molecule is CCOC(=O)C1C[C@]2(C)C3CC1N(C)C2Cc1cc(OC)ccc13. The van der Waals surface area contributed by atoms with Crippen molar-refractivity contribution >= 4 is 5.97 Å². The van der Waals surface area contributed by atoms with E-state index in [0.717, 1.165) is 25.0 Å². The number of esters is 1. The maximum absolute atomic E-state index is 12.5.